The Hall–Kier alpha value is -1.35. The van der Waals surface area contributed by atoms with Crippen LogP contribution in [0.4, 0.5) is 0 Å². The minimum Gasteiger partial charge on any atom is -0.384 e. The van der Waals surface area contributed by atoms with E-state index in [1.54, 1.807) is 12.1 Å². The van der Waals surface area contributed by atoms with Crippen molar-refractivity contribution in [1.82, 2.24) is 5.32 Å². The molecular weight excluding hydrogens is 274 g/mol. The molecule has 5 heteroatoms. The SMILES string of the molecule is CC1(CNC(=O)c2ccc(C#CCO)s2)CCOCC1. The third kappa shape index (κ3) is 4.07. The lowest BCUT2D eigenvalue weighted by Gasteiger charge is -2.33. The first-order chi connectivity index (χ1) is 9.63. The Morgan fingerprint density at radius 3 is 2.95 bits per heavy atom. The summed E-state index contributed by atoms with van der Waals surface area (Å²) < 4.78 is 5.35. The van der Waals surface area contributed by atoms with Crippen LogP contribution in [0.25, 0.3) is 0 Å². The summed E-state index contributed by atoms with van der Waals surface area (Å²) in [6, 6.07) is 3.58. The Morgan fingerprint density at radius 1 is 1.50 bits per heavy atom. The highest BCUT2D eigenvalue weighted by Gasteiger charge is 2.27. The van der Waals surface area contributed by atoms with Gasteiger partial charge in [0, 0.05) is 19.8 Å². The molecule has 0 unspecified atom stereocenters. The molecule has 0 bridgehead atoms. The Morgan fingerprint density at radius 2 is 2.25 bits per heavy atom. The lowest BCUT2D eigenvalue weighted by atomic mass is 9.82. The van der Waals surface area contributed by atoms with E-state index in [9.17, 15) is 4.79 Å². The Balaban J connectivity index is 1.89. The Kier molecular flexibility index (Phi) is 5.18. The van der Waals surface area contributed by atoms with Gasteiger partial charge in [-0.05, 0) is 30.4 Å². The standard InChI is InChI=1S/C15H19NO3S/c1-15(6-9-19-10-7-15)11-16-14(18)13-5-4-12(20-13)3-2-8-17/h4-5,17H,6-11H2,1H3,(H,16,18). The normalized spacial score (nSPS) is 17.1. The number of carbonyl (C=O) groups is 1. The second-order valence-electron chi connectivity index (χ2n) is 5.23. The first kappa shape index (κ1) is 15.0. The van der Waals surface area contributed by atoms with E-state index < -0.39 is 0 Å². The number of hydrogen-bond acceptors (Lipinski definition) is 4. The van der Waals surface area contributed by atoms with Gasteiger partial charge in [-0.3, -0.25) is 4.79 Å². The zero-order valence-corrected chi connectivity index (χ0v) is 12.4. The molecule has 1 aliphatic rings. The molecule has 0 aliphatic carbocycles. The molecule has 20 heavy (non-hydrogen) atoms. The first-order valence-electron chi connectivity index (χ1n) is 6.68. The molecular formula is C15H19NO3S. The number of amides is 1. The minimum absolute atomic E-state index is 0.0558. The van der Waals surface area contributed by atoms with E-state index in [1.807, 2.05) is 0 Å². The maximum Gasteiger partial charge on any atom is 0.261 e. The van der Waals surface area contributed by atoms with E-state index in [-0.39, 0.29) is 17.9 Å². The van der Waals surface area contributed by atoms with Crippen LogP contribution in [0.1, 0.15) is 34.3 Å². The summed E-state index contributed by atoms with van der Waals surface area (Å²) >= 11 is 1.34. The van der Waals surface area contributed by atoms with Gasteiger partial charge in [-0.25, -0.2) is 0 Å². The Bertz CT molecular complexity index is 521. The smallest absolute Gasteiger partial charge is 0.261 e. The number of carbonyl (C=O) groups excluding carboxylic acids is 1. The maximum atomic E-state index is 12.1. The van der Waals surface area contributed by atoms with E-state index in [2.05, 4.69) is 24.1 Å². The third-order valence-corrected chi connectivity index (χ3v) is 4.50. The van der Waals surface area contributed by atoms with Gasteiger partial charge < -0.3 is 15.2 Å². The van der Waals surface area contributed by atoms with Crippen molar-refractivity contribution in [2.24, 2.45) is 5.41 Å². The van der Waals surface area contributed by atoms with Crippen molar-refractivity contribution < 1.29 is 14.6 Å². The molecule has 2 heterocycles. The molecule has 2 N–H and O–H groups in total. The van der Waals surface area contributed by atoms with Gasteiger partial charge in [-0.15, -0.1) is 11.3 Å². The lowest BCUT2D eigenvalue weighted by Crippen LogP contribution is -2.39. The van der Waals surface area contributed by atoms with Crippen molar-refractivity contribution in [3.63, 3.8) is 0 Å². The van der Waals surface area contributed by atoms with Gasteiger partial charge in [0.2, 0.25) is 0 Å². The first-order valence-corrected chi connectivity index (χ1v) is 7.50. The summed E-state index contributed by atoms with van der Waals surface area (Å²) in [5.41, 5.74) is 0.130. The molecule has 2 rings (SSSR count). The summed E-state index contributed by atoms with van der Waals surface area (Å²) in [4.78, 5) is 13.5. The fourth-order valence-electron chi connectivity index (χ4n) is 2.08. The number of thiophene rings is 1. The summed E-state index contributed by atoms with van der Waals surface area (Å²) in [6.07, 6.45) is 1.95. The molecule has 0 radical (unpaired) electrons. The molecule has 0 saturated carbocycles. The molecule has 1 fully saturated rings. The highest BCUT2D eigenvalue weighted by atomic mass is 32.1. The van der Waals surface area contributed by atoms with Crippen LogP contribution in [0.3, 0.4) is 0 Å². The van der Waals surface area contributed by atoms with Crippen molar-refractivity contribution in [1.29, 1.82) is 0 Å². The molecule has 1 amide bonds. The predicted octanol–water partition coefficient (Wildman–Crippen LogP) is 1.64. The maximum absolute atomic E-state index is 12.1. The third-order valence-electron chi connectivity index (χ3n) is 3.50. The van der Waals surface area contributed by atoms with E-state index in [0.717, 1.165) is 30.9 Å². The quantitative estimate of drug-likeness (QED) is 0.833. The number of aliphatic hydroxyl groups is 1. The number of hydrogen-bond donors (Lipinski definition) is 2. The summed E-state index contributed by atoms with van der Waals surface area (Å²) in [5, 5.41) is 11.6. The van der Waals surface area contributed by atoms with Crippen molar-refractivity contribution in [3.05, 3.63) is 21.9 Å². The van der Waals surface area contributed by atoms with Crippen LogP contribution in [0.5, 0.6) is 0 Å². The molecule has 0 aromatic carbocycles. The van der Waals surface area contributed by atoms with Gasteiger partial charge in [0.15, 0.2) is 0 Å². The van der Waals surface area contributed by atoms with Crippen molar-refractivity contribution in [3.8, 4) is 11.8 Å². The van der Waals surface area contributed by atoms with E-state index in [1.165, 1.54) is 11.3 Å². The lowest BCUT2D eigenvalue weighted by molar-refractivity contribution is 0.0239. The minimum atomic E-state index is -0.167. The summed E-state index contributed by atoms with van der Waals surface area (Å²) in [7, 11) is 0. The van der Waals surface area contributed by atoms with Crippen LogP contribution >= 0.6 is 11.3 Å². The van der Waals surface area contributed by atoms with Crippen molar-refractivity contribution >= 4 is 17.2 Å². The van der Waals surface area contributed by atoms with Crippen LogP contribution in [0.2, 0.25) is 0 Å². The van der Waals surface area contributed by atoms with Gasteiger partial charge >= 0.3 is 0 Å². The van der Waals surface area contributed by atoms with Crippen molar-refractivity contribution in [2.75, 3.05) is 26.4 Å². The highest BCUT2D eigenvalue weighted by Crippen LogP contribution is 2.28. The topological polar surface area (TPSA) is 58.6 Å². The predicted molar refractivity (Wildman–Crippen MR) is 78.8 cm³/mol. The number of rotatable bonds is 3. The fraction of sp³-hybridized carbons (Fsp3) is 0.533. The molecule has 1 saturated heterocycles. The Labute approximate surface area is 123 Å². The van der Waals surface area contributed by atoms with Crippen LogP contribution in [-0.4, -0.2) is 37.4 Å². The summed E-state index contributed by atoms with van der Waals surface area (Å²) in [5.74, 6) is 5.33. The molecule has 108 valence electrons. The number of aliphatic hydroxyl groups excluding tert-OH is 1. The second-order valence-corrected chi connectivity index (χ2v) is 6.31. The number of ether oxygens (including phenoxy) is 1. The number of nitrogens with one attached hydrogen (secondary N) is 1. The van der Waals surface area contributed by atoms with Gasteiger partial charge in [0.05, 0.1) is 9.75 Å². The average Bonchev–Trinajstić information content (AvgIpc) is 2.92. The molecule has 0 spiro atoms. The van der Waals surface area contributed by atoms with Gasteiger partial charge in [0.1, 0.15) is 6.61 Å². The van der Waals surface area contributed by atoms with Crippen LogP contribution in [0.15, 0.2) is 12.1 Å². The van der Waals surface area contributed by atoms with E-state index >= 15 is 0 Å². The van der Waals surface area contributed by atoms with Gasteiger partial charge in [-0.1, -0.05) is 18.8 Å². The highest BCUT2D eigenvalue weighted by molar-refractivity contribution is 7.14. The summed E-state index contributed by atoms with van der Waals surface area (Å²) in [6.45, 7) is 4.23. The molecule has 4 nitrogen and oxygen atoms in total. The van der Waals surface area contributed by atoms with Crippen molar-refractivity contribution in [2.45, 2.75) is 19.8 Å². The molecule has 0 atom stereocenters. The monoisotopic (exact) mass is 293 g/mol. The van der Waals surface area contributed by atoms with Crippen LogP contribution < -0.4 is 5.32 Å². The van der Waals surface area contributed by atoms with Gasteiger partial charge in [-0.2, -0.15) is 0 Å². The van der Waals surface area contributed by atoms with Crippen LogP contribution in [-0.2, 0) is 4.74 Å². The molecule has 1 aromatic rings. The molecule has 1 aliphatic heterocycles. The van der Waals surface area contributed by atoms with Crippen LogP contribution in [0, 0.1) is 17.3 Å². The van der Waals surface area contributed by atoms with E-state index in [0.29, 0.717) is 11.4 Å². The van der Waals surface area contributed by atoms with E-state index in [4.69, 9.17) is 9.84 Å². The zero-order chi connectivity index (χ0) is 14.4. The molecule has 1 aromatic heterocycles. The largest absolute Gasteiger partial charge is 0.384 e. The second kappa shape index (κ2) is 6.89. The average molecular weight is 293 g/mol. The van der Waals surface area contributed by atoms with Gasteiger partial charge in [0.25, 0.3) is 5.91 Å². The zero-order valence-electron chi connectivity index (χ0n) is 11.6. The fourth-order valence-corrected chi connectivity index (χ4v) is 2.87.